The maximum absolute atomic E-state index is 13.2. The highest BCUT2D eigenvalue weighted by Crippen LogP contribution is 2.57. The van der Waals surface area contributed by atoms with Crippen molar-refractivity contribution in [3.05, 3.63) is 58.8 Å². The van der Waals surface area contributed by atoms with Gasteiger partial charge in [0.25, 0.3) is 0 Å². The van der Waals surface area contributed by atoms with E-state index in [1.54, 1.807) is 48.5 Å². The number of hydrogen-bond acceptors (Lipinski definition) is 8. The maximum Gasteiger partial charge on any atom is 0.437 e. The zero-order valence-corrected chi connectivity index (χ0v) is 29.2. The fourth-order valence-electron chi connectivity index (χ4n) is 7.35. The van der Waals surface area contributed by atoms with Gasteiger partial charge in [-0.1, -0.05) is 24.3 Å². The number of guanidine groups is 1. The van der Waals surface area contributed by atoms with Gasteiger partial charge in [-0.15, -0.1) is 4.99 Å². The largest absolute Gasteiger partial charge is 0.504 e. The number of likely N-dealkylation sites (tertiary alicyclic amines) is 1. The number of aromatic nitrogens is 1. The number of carbonyl (C=O) groups is 2. The van der Waals surface area contributed by atoms with Gasteiger partial charge in [0, 0.05) is 59.7 Å². The number of rotatable bonds is 6. The number of aromatic hydroxyl groups is 2. The van der Waals surface area contributed by atoms with Gasteiger partial charge < -0.3 is 35.5 Å². The number of aliphatic hydroxyl groups is 1. The van der Waals surface area contributed by atoms with Crippen molar-refractivity contribution in [1.82, 2.24) is 14.8 Å². The van der Waals surface area contributed by atoms with E-state index in [0.29, 0.717) is 37.9 Å². The molecule has 5 rings (SSSR count). The van der Waals surface area contributed by atoms with E-state index in [0.717, 1.165) is 32.6 Å². The van der Waals surface area contributed by atoms with Gasteiger partial charge in [0.1, 0.15) is 11.2 Å². The zero-order valence-electron chi connectivity index (χ0n) is 29.2. The molecule has 48 heavy (non-hydrogen) atoms. The number of amides is 2. The first-order valence-electron chi connectivity index (χ1n) is 16.4. The van der Waals surface area contributed by atoms with Crippen LogP contribution in [0.25, 0.3) is 10.9 Å². The number of nitrogens with two attached hydrogens (primary N) is 1. The number of aromatic amines is 1. The third-order valence-corrected chi connectivity index (χ3v) is 9.53. The van der Waals surface area contributed by atoms with Crippen molar-refractivity contribution in [2.24, 2.45) is 10.7 Å². The fraction of sp³-hybridized carbons (Fsp3) is 0.528. The number of aliphatic imine (C=N–C) groups is 1. The van der Waals surface area contributed by atoms with Crippen LogP contribution in [0.1, 0.15) is 77.3 Å². The van der Waals surface area contributed by atoms with E-state index in [1.165, 1.54) is 6.07 Å². The number of ether oxygens (including phenoxy) is 2. The van der Waals surface area contributed by atoms with Gasteiger partial charge in [-0.05, 0) is 91.5 Å². The van der Waals surface area contributed by atoms with Gasteiger partial charge >= 0.3 is 12.2 Å². The number of nitrogens with one attached hydrogen (secondary N) is 1. The summed E-state index contributed by atoms with van der Waals surface area (Å²) < 4.78 is 10.8. The molecule has 260 valence electrons. The Kier molecular flexibility index (Phi) is 8.98. The van der Waals surface area contributed by atoms with Crippen LogP contribution >= 0.6 is 0 Å². The molecule has 2 amide bonds. The van der Waals surface area contributed by atoms with Crippen molar-refractivity contribution in [1.29, 1.82) is 0 Å². The summed E-state index contributed by atoms with van der Waals surface area (Å²) in [5.41, 5.74) is 6.67. The van der Waals surface area contributed by atoms with Crippen molar-refractivity contribution < 1.29 is 34.4 Å². The van der Waals surface area contributed by atoms with E-state index in [4.69, 9.17) is 15.2 Å². The molecule has 1 aliphatic carbocycles. The third-order valence-electron chi connectivity index (χ3n) is 9.53. The summed E-state index contributed by atoms with van der Waals surface area (Å²) in [6, 6.07) is 11.0. The SMILES string of the molecule is Cc1c(CC23CN(CCCN(C(=O)OC(C)(C)C)/C(N)=N/C(=O)OC(C)(C)C)C(Cc4ccc(O)c(O)c42)C3(C)O)[nH]c2ccccc12. The second-order valence-electron chi connectivity index (χ2n) is 15.3. The van der Waals surface area contributed by atoms with Crippen molar-refractivity contribution in [3.63, 3.8) is 0 Å². The zero-order chi connectivity index (χ0) is 35.4. The molecule has 0 spiro atoms. The molecule has 12 heteroatoms. The first-order valence-corrected chi connectivity index (χ1v) is 16.4. The Morgan fingerprint density at radius 1 is 1.08 bits per heavy atom. The molecule has 2 bridgehead atoms. The van der Waals surface area contributed by atoms with Gasteiger partial charge in [-0.2, -0.15) is 0 Å². The van der Waals surface area contributed by atoms with Crippen LogP contribution in [0, 0.1) is 6.92 Å². The Morgan fingerprint density at radius 2 is 1.75 bits per heavy atom. The van der Waals surface area contributed by atoms with Crippen LogP contribution in [-0.2, 0) is 27.7 Å². The van der Waals surface area contributed by atoms with Gasteiger partial charge in [0.05, 0.1) is 5.60 Å². The molecule has 12 nitrogen and oxygen atoms in total. The summed E-state index contributed by atoms with van der Waals surface area (Å²) in [4.78, 5) is 36.3. The van der Waals surface area contributed by atoms with Gasteiger partial charge in [0.15, 0.2) is 11.5 Å². The van der Waals surface area contributed by atoms with Crippen LogP contribution in [0.4, 0.5) is 9.59 Å². The van der Waals surface area contributed by atoms with Crippen molar-refractivity contribution in [2.45, 2.75) is 103 Å². The number of hydrogen-bond donors (Lipinski definition) is 5. The molecule has 2 aliphatic rings. The summed E-state index contributed by atoms with van der Waals surface area (Å²) in [6.07, 6.45) is -0.449. The lowest BCUT2D eigenvalue weighted by Gasteiger charge is -2.47. The highest BCUT2D eigenvalue weighted by molar-refractivity contribution is 5.98. The van der Waals surface area contributed by atoms with Gasteiger partial charge in [-0.3, -0.25) is 4.90 Å². The maximum atomic E-state index is 13.2. The average molecular weight is 664 g/mol. The molecule has 1 fully saturated rings. The Balaban J connectivity index is 1.45. The number of nitrogens with zero attached hydrogens (tertiary/aromatic N) is 3. The highest BCUT2D eigenvalue weighted by atomic mass is 16.6. The fourth-order valence-corrected chi connectivity index (χ4v) is 7.35. The Hall–Kier alpha value is -4.29. The minimum atomic E-state index is -1.31. The monoisotopic (exact) mass is 663 g/mol. The Morgan fingerprint density at radius 3 is 2.40 bits per heavy atom. The summed E-state index contributed by atoms with van der Waals surface area (Å²) in [6.45, 7) is 15.0. The standard InChI is InChI=1S/C36H49N5O7/c1-21-23-12-9-10-13-24(23)38-25(21)19-36-20-40(27(35(36,8)46)18-22-14-15-26(42)29(43)28(22)36)16-11-17-41(32(45)48-34(5,6)7)30(37)39-31(44)47-33(2,3)4/h9-10,12-15,27,38,42-43,46H,11,16-20H2,1-8H3,(H2,37,39,44). The molecular weight excluding hydrogens is 614 g/mol. The molecule has 3 atom stereocenters. The lowest BCUT2D eigenvalue weighted by Crippen LogP contribution is -2.57. The van der Waals surface area contributed by atoms with Gasteiger partial charge in [-0.25, -0.2) is 14.5 Å². The molecule has 0 saturated carbocycles. The number of aryl methyl sites for hydroxylation is 1. The summed E-state index contributed by atoms with van der Waals surface area (Å²) >= 11 is 0. The quantitative estimate of drug-likeness (QED) is 0.134. The predicted octanol–water partition coefficient (Wildman–Crippen LogP) is 5.24. The third kappa shape index (κ3) is 6.55. The summed E-state index contributed by atoms with van der Waals surface area (Å²) in [7, 11) is 0. The van der Waals surface area contributed by atoms with Crippen LogP contribution in [0.2, 0.25) is 0 Å². The molecule has 3 unspecified atom stereocenters. The Bertz CT molecular complexity index is 1750. The van der Waals surface area contributed by atoms with Crippen molar-refractivity contribution in [3.8, 4) is 11.5 Å². The number of phenolic OH excluding ortho intramolecular Hbond substituents is 2. The first-order chi connectivity index (χ1) is 22.2. The number of H-pyrrole nitrogens is 1. The number of benzene rings is 2. The molecule has 6 N–H and O–H groups in total. The predicted molar refractivity (Wildman–Crippen MR) is 183 cm³/mol. The van der Waals surface area contributed by atoms with Crippen LogP contribution in [-0.4, -0.2) is 90.7 Å². The molecule has 0 radical (unpaired) electrons. The summed E-state index contributed by atoms with van der Waals surface area (Å²) in [5.74, 6) is -0.796. The van der Waals surface area contributed by atoms with Crippen LogP contribution in [0.3, 0.4) is 0 Å². The first kappa shape index (κ1) is 35.0. The van der Waals surface area contributed by atoms with E-state index >= 15 is 0 Å². The van der Waals surface area contributed by atoms with Crippen LogP contribution < -0.4 is 5.73 Å². The minimum Gasteiger partial charge on any atom is -0.504 e. The van der Waals surface area contributed by atoms with E-state index in [2.05, 4.69) is 20.9 Å². The average Bonchev–Trinajstić information content (AvgIpc) is 3.29. The van der Waals surface area contributed by atoms with E-state index < -0.39 is 34.4 Å². The highest BCUT2D eigenvalue weighted by Gasteiger charge is 2.64. The van der Waals surface area contributed by atoms with E-state index in [9.17, 15) is 24.9 Å². The molecular formula is C36H49N5O7. The van der Waals surface area contributed by atoms with Crippen LogP contribution in [0.15, 0.2) is 41.4 Å². The smallest absolute Gasteiger partial charge is 0.437 e. The molecule has 2 aromatic carbocycles. The number of carbonyl (C=O) groups excluding carboxylic acids is 2. The Labute approximate surface area is 281 Å². The van der Waals surface area contributed by atoms with E-state index in [-0.39, 0.29) is 30.0 Å². The van der Waals surface area contributed by atoms with Gasteiger partial charge in [0.2, 0.25) is 5.96 Å². The normalized spacial score (nSPS) is 22.9. The number of para-hydroxylation sites is 1. The molecule has 2 heterocycles. The van der Waals surface area contributed by atoms with Crippen LogP contribution in [0.5, 0.6) is 11.5 Å². The lowest BCUT2D eigenvalue weighted by atomic mass is 9.59. The number of phenols is 2. The molecule has 3 aromatic rings. The second-order valence-corrected chi connectivity index (χ2v) is 15.3. The topological polar surface area (TPSA) is 174 Å². The summed E-state index contributed by atoms with van der Waals surface area (Å²) in [5, 5.41) is 35.5. The molecule has 1 saturated heterocycles. The molecule has 1 aromatic heterocycles. The molecule has 1 aliphatic heterocycles. The minimum absolute atomic E-state index is 0.0749. The lowest BCUT2D eigenvalue weighted by molar-refractivity contribution is -0.0327. The van der Waals surface area contributed by atoms with E-state index in [1.807, 2.05) is 31.2 Å². The second kappa shape index (κ2) is 12.3. The van der Waals surface area contributed by atoms with Crippen molar-refractivity contribution in [2.75, 3.05) is 19.6 Å². The van der Waals surface area contributed by atoms with Crippen molar-refractivity contribution >= 4 is 29.0 Å². The number of fused-ring (bicyclic) bond motifs is 5.